The number of para-hydroxylation sites is 2. The number of carbonyl (C=O) groups excluding carboxylic acids is 1. The minimum atomic E-state index is -0.298. The maximum Gasteiger partial charge on any atom is 0.338 e. The maximum absolute atomic E-state index is 13.0. The van der Waals surface area contributed by atoms with Gasteiger partial charge in [0.05, 0.1) is 28.8 Å². The summed E-state index contributed by atoms with van der Waals surface area (Å²) in [5.41, 5.74) is 5.58. The number of nitrogens with one attached hydrogen (secondary N) is 1. The van der Waals surface area contributed by atoms with Gasteiger partial charge in [0.2, 0.25) is 5.95 Å². The molecule has 0 bridgehead atoms. The monoisotopic (exact) mass is 375 g/mol. The number of nitrogens with zero attached hydrogens (tertiary/aromatic N) is 2. The molecule has 28 heavy (non-hydrogen) atoms. The first-order chi connectivity index (χ1) is 13.5. The number of ether oxygens (including phenoxy) is 1. The Labute approximate surface area is 165 Å². The molecule has 0 aliphatic carbocycles. The van der Waals surface area contributed by atoms with Crippen LogP contribution in [0.3, 0.4) is 0 Å². The number of imidazole rings is 1. The number of rotatable bonds is 4. The second kappa shape index (κ2) is 7.15. The van der Waals surface area contributed by atoms with E-state index in [-0.39, 0.29) is 18.1 Å². The van der Waals surface area contributed by atoms with E-state index in [4.69, 9.17) is 9.72 Å². The van der Waals surface area contributed by atoms with Crippen molar-refractivity contribution in [2.45, 2.75) is 46.3 Å². The van der Waals surface area contributed by atoms with Gasteiger partial charge < -0.3 is 10.1 Å². The fraction of sp³-hybridized carbons (Fsp3) is 0.304. The van der Waals surface area contributed by atoms with Gasteiger partial charge >= 0.3 is 5.97 Å². The Morgan fingerprint density at radius 1 is 1.18 bits per heavy atom. The van der Waals surface area contributed by atoms with Crippen LogP contribution in [0.1, 0.15) is 44.9 Å². The molecule has 1 atom stereocenters. The molecule has 0 spiro atoms. The predicted molar refractivity (Wildman–Crippen MR) is 111 cm³/mol. The zero-order valence-corrected chi connectivity index (χ0v) is 16.7. The third kappa shape index (κ3) is 3.07. The number of anilines is 1. The van der Waals surface area contributed by atoms with Crippen LogP contribution in [0.15, 0.2) is 59.8 Å². The van der Waals surface area contributed by atoms with Crippen LogP contribution < -0.4 is 5.32 Å². The zero-order valence-electron chi connectivity index (χ0n) is 16.7. The molecule has 1 aliphatic rings. The van der Waals surface area contributed by atoms with E-state index in [2.05, 4.69) is 41.1 Å². The minimum Gasteiger partial charge on any atom is -0.459 e. The van der Waals surface area contributed by atoms with E-state index in [1.54, 1.807) is 0 Å². The summed E-state index contributed by atoms with van der Waals surface area (Å²) in [5, 5.41) is 3.31. The van der Waals surface area contributed by atoms with Crippen molar-refractivity contribution in [2.24, 2.45) is 0 Å². The molecule has 0 radical (unpaired) electrons. The van der Waals surface area contributed by atoms with Crippen LogP contribution in [0.5, 0.6) is 0 Å². The highest BCUT2D eigenvalue weighted by Gasteiger charge is 2.35. The molecule has 0 amide bonds. The quantitative estimate of drug-likeness (QED) is 0.663. The van der Waals surface area contributed by atoms with Gasteiger partial charge in [-0.3, -0.25) is 4.57 Å². The Morgan fingerprint density at radius 3 is 2.57 bits per heavy atom. The number of aryl methyl sites for hydroxylation is 1. The van der Waals surface area contributed by atoms with E-state index in [9.17, 15) is 4.79 Å². The molecule has 2 heterocycles. The number of aromatic nitrogens is 2. The van der Waals surface area contributed by atoms with Gasteiger partial charge in [0.15, 0.2) is 0 Å². The average molecular weight is 375 g/mol. The van der Waals surface area contributed by atoms with Gasteiger partial charge in [-0.2, -0.15) is 0 Å². The largest absolute Gasteiger partial charge is 0.459 e. The van der Waals surface area contributed by atoms with Gasteiger partial charge in [-0.25, -0.2) is 9.78 Å². The number of benzene rings is 2. The first kappa shape index (κ1) is 18.3. The maximum atomic E-state index is 13.0. The van der Waals surface area contributed by atoms with E-state index in [1.807, 2.05) is 45.0 Å². The molecule has 0 saturated carbocycles. The zero-order chi connectivity index (χ0) is 19.8. The van der Waals surface area contributed by atoms with Crippen LogP contribution >= 0.6 is 0 Å². The lowest BCUT2D eigenvalue weighted by molar-refractivity contribution is -0.143. The summed E-state index contributed by atoms with van der Waals surface area (Å²) in [7, 11) is 0. The van der Waals surface area contributed by atoms with Crippen molar-refractivity contribution in [3.63, 3.8) is 0 Å². The lowest BCUT2D eigenvalue weighted by Crippen LogP contribution is -2.30. The van der Waals surface area contributed by atoms with Crippen LogP contribution in [0, 0.1) is 0 Å². The summed E-state index contributed by atoms with van der Waals surface area (Å²) < 4.78 is 7.69. The van der Waals surface area contributed by atoms with Crippen LogP contribution in [0.2, 0.25) is 0 Å². The molecule has 1 N–H and O–H groups in total. The molecule has 4 rings (SSSR count). The molecule has 2 aromatic carbocycles. The third-order valence-corrected chi connectivity index (χ3v) is 5.10. The average Bonchev–Trinajstić information content (AvgIpc) is 3.04. The number of carbonyl (C=O) groups is 1. The molecular formula is C23H25N3O2. The van der Waals surface area contributed by atoms with Crippen molar-refractivity contribution in [1.29, 1.82) is 0 Å². The van der Waals surface area contributed by atoms with Crippen molar-refractivity contribution in [3.05, 3.63) is 70.9 Å². The van der Waals surface area contributed by atoms with Crippen molar-refractivity contribution in [3.8, 4) is 0 Å². The van der Waals surface area contributed by atoms with Crippen molar-refractivity contribution in [2.75, 3.05) is 5.32 Å². The standard InChI is InChI=1S/C23H25N3O2/c1-5-16-10-12-17(13-11-16)21-20(22(27)28-14(2)3)15(4)24-23-25-18-8-6-7-9-19(18)26(21)23/h6-14,21H,5H2,1-4H3,(H,24,25)/t21-/m1/s1. The summed E-state index contributed by atoms with van der Waals surface area (Å²) in [5.74, 6) is 0.442. The Hall–Kier alpha value is -3.08. The van der Waals surface area contributed by atoms with Crippen molar-refractivity contribution < 1.29 is 9.53 Å². The molecular weight excluding hydrogens is 350 g/mol. The van der Waals surface area contributed by atoms with Crippen molar-refractivity contribution in [1.82, 2.24) is 9.55 Å². The lowest BCUT2D eigenvalue weighted by atomic mass is 9.94. The normalized spacial score (nSPS) is 16.2. The summed E-state index contributed by atoms with van der Waals surface area (Å²) in [6.07, 6.45) is 0.792. The molecule has 3 aromatic rings. The second-order valence-electron chi connectivity index (χ2n) is 7.41. The SMILES string of the molecule is CCc1ccc([C@@H]2C(C(=O)OC(C)C)=C(C)Nc3nc4ccccc4n32)cc1. The lowest BCUT2D eigenvalue weighted by Gasteiger charge is -2.30. The van der Waals surface area contributed by atoms with Crippen LogP contribution in [0.4, 0.5) is 5.95 Å². The number of esters is 1. The summed E-state index contributed by atoms with van der Waals surface area (Å²) in [6.45, 7) is 7.78. The number of hydrogen-bond donors (Lipinski definition) is 1. The Balaban J connectivity index is 1.93. The van der Waals surface area contributed by atoms with Gasteiger partial charge in [-0.1, -0.05) is 43.3 Å². The third-order valence-electron chi connectivity index (χ3n) is 5.10. The molecule has 1 aliphatic heterocycles. The van der Waals surface area contributed by atoms with Crippen LogP contribution in [0.25, 0.3) is 11.0 Å². The minimum absolute atomic E-state index is 0.183. The summed E-state index contributed by atoms with van der Waals surface area (Å²) in [6, 6.07) is 16.1. The van der Waals surface area contributed by atoms with Crippen LogP contribution in [-0.2, 0) is 16.0 Å². The number of fused-ring (bicyclic) bond motifs is 3. The Kier molecular flexibility index (Phi) is 4.67. The van der Waals surface area contributed by atoms with Gasteiger partial charge in [0.1, 0.15) is 0 Å². The highest BCUT2D eigenvalue weighted by Crippen LogP contribution is 2.39. The van der Waals surface area contributed by atoms with Crippen molar-refractivity contribution >= 4 is 23.0 Å². The molecule has 5 nitrogen and oxygen atoms in total. The topological polar surface area (TPSA) is 56.1 Å². The smallest absolute Gasteiger partial charge is 0.338 e. The molecule has 144 valence electrons. The fourth-order valence-corrected chi connectivity index (χ4v) is 3.76. The van der Waals surface area contributed by atoms with Gasteiger partial charge in [-0.05, 0) is 50.5 Å². The van der Waals surface area contributed by atoms with E-state index < -0.39 is 0 Å². The highest BCUT2D eigenvalue weighted by atomic mass is 16.5. The Morgan fingerprint density at radius 2 is 1.89 bits per heavy atom. The van der Waals surface area contributed by atoms with Gasteiger partial charge in [0.25, 0.3) is 0 Å². The second-order valence-corrected chi connectivity index (χ2v) is 7.41. The molecule has 1 aromatic heterocycles. The fourth-order valence-electron chi connectivity index (χ4n) is 3.76. The number of hydrogen-bond acceptors (Lipinski definition) is 4. The first-order valence-electron chi connectivity index (χ1n) is 9.74. The summed E-state index contributed by atoms with van der Waals surface area (Å²) >= 11 is 0. The molecule has 0 unspecified atom stereocenters. The van der Waals surface area contributed by atoms with E-state index in [1.165, 1.54) is 5.56 Å². The highest BCUT2D eigenvalue weighted by molar-refractivity contribution is 5.94. The van der Waals surface area contributed by atoms with Gasteiger partial charge in [-0.15, -0.1) is 0 Å². The Bertz CT molecular complexity index is 1060. The molecule has 0 fully saturated rings. The van der Waals surface area contributed by atoms with E-state index >= 15 is 0 Å². The predicted octanol–water partition coefficient (Wildman–Crippen LogP) is 4.84. The van der Waals surface area contributed by atoms with Crippen LogP contribution in [-0.4, -0.2) is 21.6 Å². The number of allylic oxidation sites excluding steroid dienone is 1. The van der Waals surface area contributed by atoms with E-state index in [0.717, 1.165) is 34.7 Å². The van der Waals surface area contributed by atoms with E-state index in [0.29, 0.717) is 5.57 Å². The molecule has 5 heteroatoms. The molecule has 0 saturated heterocycles. The first-order valence-corrected chi connectivity index (χ1v) is 9.74. The summed E-state index contributed by atoms with van der Waals surface area (Å²) in [4.78, 5) is 17.8. The van der Waals surface area contributed by atoms with Gasteiger partial charge in [0, 0.05) is 5.70 Å².